The fourth-order valence-corrected chi connectivity index (χ4v) is 13.4. The van der Waals surface area contributed by atoms with E-state index in [4.69, 9.17) is 32.7 Å². The fraction of sp³-hybridized carbons (Fsp3) is 0.450. The van der Waals surface area contributed by atoms with E-state index < -0.39 is 76.0 Å². The number of aryl methyl sites for hydroxylation is 1. The number of nitrogens with one attached hydrogen (secondary N) is 6. The minimum Gasteiger partial charge on any atom is -0.391 e. The van der Waals surface area contributed by atoms with Crippen molar-refractivity contribution in [3.8, 4) is 10.4 Å². The zero-order valence-electron chi connectivity index (χ0n) is 46.0. The van der Waals surface area contributed by atoms with Crippen molar-refractivity contribution in [1.29, 1.82) is 0 Å². The number of carbonyl (C=O) groups excluding carboxylic acids is 6. The van der Waals surface area contributed by atoms with Crippen molar-refractivity contribution in [3.05, 3.63) is 134 Å². The van der Waals surface area contributed by atoms with Crippen molar-refractivity contribution in [2.45, 2.75) is 127 Å². The van der Waals surface area contributed by atoms with E-state index >= 15 is 4.39 Å². The van der Waals surface area contributed by atoms with Crippen molar-refractivity contribution in [2.75, 3.05) is 50.2 Å². The van der Waals surface area contributed by atoms with Gasteiger partial charge in [-0.25, -0.2) is 9.37 Å². The number of fused-ring (bicyclic) bond motifs is 3. The van der Waals surface area contributed by atoms with Crippen molar-refractivity contribution >= 4 is 81.4 Å². The molecule has 3 aliphatic heterocycles. The molecule has 1 aromatic heterocycles. The molecule has 0 bridgehead atoms. The fourth-order valence-electron chi connectivity index (χ4n) is 12.2. The number of ether oxygens (including phenoxy) is 2. The second-order valence-electron chi connectivity index (χ2n) is 22.5. The topological polar surface area (TPSA) is 229 Å². The van der Waals surface area contributed by atoms with Crippen molar-refractivity contribution < 1.29 is 47.7 Å². The number of β-amino-alcohol motifs (C(OH)–C–C–N with tert-alkyl or cyclic N) is 1. The van der Waals surface area contributed by atoms with E-state index in [0.29, 0.717) is 40.4 Å². The van der Waals surface area contributed by atoms with Crippen LogP contribution in [-0.2, 0) is 38.9 Å². The Kier molecular flexibility index (Phi) is 18.3. The van der Waals surface area contributed by atoms with Crippen LogP contribution in [0.25, 0.3) is 10.4 Å². The molecule has 7 N–H and O–H groups in total. The van der Waals surface area contributed by atoms with Crippen LogP contribution in [0.15, 0.2) is 90.4 Å². The maximum Gasteiger partial charge on any atom is 0.251 e. The number of benzene rings is 4. The Bertz CT molecular complexity index is 3150. The van der Waals surface area contributed by atoms with Crippen LogP contribution in [0, 0.1) is 18.2 Å². The number of hydrogen-bond acceptors (Lipinski definition) is 12. The maximum atomic E-state index is 16.3. The quantitative estimate of drug-likeness (QED) is 0.0389. The number of aliphatic hydroxyl groups excluding tert-OH is 1. The van der Waals surface area contributed by atoms with E-state index in [-0.39, 0.29) is 80.8 Å². The summed E-state index contributed by atoms with van der Waals surface area (Å²) < 4.78 is 27.6. The summed E-state index contributed by atoms with van der Waals surface area (Å²) in [6.45, 7) is 9.97. The van der Waals surface area contributed by atoms with E-state index in [1.165, 1.54) is 11.0 Å². The van der Waals surface area contributed by atoms with Crippen molar-refractivity contribution in [2.24, 2.45) is 5.41 Å². The minimum atomic E-state index is -1.38. The number of carbonyl (C=O) groups is 6. The number of aromatic nitrogens is 1. The molecule has 5 aromatic rings. The van der Waals surface area contributed by atoms with Crippen LogP contribution in [0.4, 0.5) is 15.8 Å². The first-order valence-electron chi connectivity index (χ1n) is 27.5. The van der Waals surface area contributed by atoms with Crippen LogP contribution < -0.4 is 31.9 Å². The lowest BCUT2D eigenvalue weighted by molar-refractivity contribution is -0.144. The number of hydrogen-bond donors (Lipinski definition) is 7. The average molecular weight is 1170 g/mol. The number of aliphatic hydroxyl groups is 1. The van der Waals surface area contributed by atoms with Crippen LogP contribution in [0.5, 0.6) is 0 Å². The van der Waals surface area contributed by atoms with Crippen LogP contribution in [0.3, 0.4) is 0 Å². The summed E-state index contributed by atoms with van der Waals surface area (Å²) in [7, 11) is 0. The Morgan fingerprint density at radius 3 is 2.32 bits per heavy atom. The summed E-state index contributed by atoms with van der Waals surface area (Å²) in [5.41, 5.74) is 3.67. The molecule has 21 heteroatoms. The van der Waals surface area contributed by atoms with Gasteiger partial charge in [0.05, 0.1) is 65.7 Å². The maximum absolute atomic E-state index is 16.3. The van der Waals surface area contributed by atoms with Gasteiger partial charge in [-0.3, -0.25) is 34.1 Å². The highest BCUT2D eigenvalue weighted by Gasteiger charge is 2.72. The lowest BCUT2D eigenvalue weighted by atomic mass is 9.55. The molecule has 430 valence electrons. The summed E-state index contributed by atoms with van der Waals surface area (Å²) in [6.07, 6.45) is 2.81. The van der Waals surface area contributed by atoms with E-state index in [1.54, 1.807) is 71.4 Å². The molecule has 1 unspecified atom stereocenters. The van der Waals surface area contributed by atoms with E-state index in [2.05, 4.69) is 36.9 Å². The van der Waals surface area contributed by atoms with Gasteiger partial charge in [-0.15, -0.1) is 11.3 Å². The van der Waals surface area contributed by atoms with Crippen LogP contribution in [-0.4, -0.2) is 120 Å². The SMILES string of the molecule is Cc1ncsc1-c1ccc([C@H](C)NC(=O)[C@@H]2C[C@@H](O)CN2C(=O)C(NC(=O)CCOCCOCCNC(=O)c2ccc(NC(=O)[C@@H]3NC4(CCCCC4)[C@@]4(C(=O)Nc5cc(Cl)ccc54)[C@H]3c3cccc(Cl)c3F)cc2)C(C)(C)C)cc1. The van der Waals surface area contributed by atoms with Crippen LogP contribution in [0.2, 0.25) is 10.0 Å². The zero-order valence-corrected chi connectivity index (χ0v) is 48.3. The van der Waals surface area contributed by atoms with Crippen LogP contribution >= 0.6 is 34.5 Å². The zero-order chi connectivity index (χ0) is 57.8. The summed E-state index contributed by atoms with van der Waals surface area (Å²) in [5.74, 6) is -4.18. The molecule has 2 spiro atoms. The van der Waals surface area contributed by atoms with Gasteiger partial charge in [0.2, 0.25) is 29.5 Å². The Morgan fingerprint density at radius 2 is 1.63 bits per heavy atom. The molecule has 9 rings (SSSR count). The second kappa shape index (κ2) is 25.0. The predicted octanol–water partition coefficient (Wildman–Crippen LogP) is 8.37. The standard InChI is InChI=1S/C60H69Cl2FN8O9S/c1-34(36-12-14-37(15-13-36)51-35(2)65-33-81-51)66-54(75)46-31-41(72)32-71(46)56(77)52(58(3,4)5)69-47(73)22-26-79-28-29-80-27-25-64-53(74)38-16-19-40(20-17-38)67-55(76)50-48(42-10-9-11-44(62)49(42)63)60(59(70-50)23-7-6-8-24-59)43-21-18-39(61)30-45(43)68-57(60)78/h9-21,30,33-34,41,46,48,50,52,70,72H,6-8,22-29,31-32H2,1-5H3,(H,64,74)(H,66,75)(H,67,76)(H,68,78)(H,69,73)/t34-,41+,46-,48-,50+,52?,60+/m0/s1. The van der Waals surface area contributed by atoms with E-state index in [0.717, 1.165) is 41.0 Å². The Hall–Kier alpha value is -6.32. The molecule has 4 aromatic carbocycles. The number of thiazole rings is 1. The van der Waals surface area contributed by atoms with Gasteiger partial charge < -0.3 is 46.1 Å². The van der Waals surface area contributed by atoms with Crippen LogP contribution in [0.1, 0.15) is 117 Å². The van der Waals surface area contributed by atoms with Gasteiger partial charge in [0, 0.05) is 59.3 Å². The third-order valence-electron chi connectivity index (χ3n) is 16.2. The molecule has 1 saturated carbocycles. The van der Waals surface area contributed by atoms with Gasteiger partial charge >= 0.3 is 0 Å². The molecule has 4 heterocycles. The van der Waals surface area contributed by atoms with Gasteiger partial charge in [-0.05, 0) is 96.8 Å². The summed E-state index contributed by atoms with van der Waals surface area (Å²) >= 11 is 14.4. The Labute approximate surface area is 484 Å². The smallest absolute Gasteiger partial charge is 0.251 e. The predicted molar refractivity (Wildman–Crippen MR) is 309 cm³/mol. The second-order valence-corrected chi connectivity index (χ2v) is 24.2. The number of halogens is 3. The highest BCUT2D eigenvalue weighted by atomic mass is 35.5. The third kappa shape index (κ3) is 12.4. The minimum absolute atomic E-state index is 0.0456. The lowest BCUT2D eigenvalue weighted by Crippen LogP contribution is -2.60. The van der Waals surface area contributed by atoms with Gasteiger partial charge in [-0.2, -0.15) is 0 Å². The highest BCUT2D eigenvalue weighted by Crippen LogP contribution is 2.63. The molecule has 1 aliphatic carbocycles. The largest absolute Gasteiger partial charge is 0.391 e. The van der Waals surface area contributed by atoms with Gasteiger partial charge in [0.15, 0.2) is 0 Å². The number of rotatable bonds is 19. The molecule has 81 heavy (non-hydrogen) atoms. The summed E-state index contributed by atoms with van der Waals surface area (Å²) in [5, 5.41) is 29.2. The normalized spacial score (nSPS) is 21.8. The molecular weight excluding hydrogens is 1100 g/mol. The molecule has 6 amide bonds. The Morgan fingerprint density at radius 1 is 0.914 bits per heavy atom. The molecule has 0 radical (unpaired) electrons. The van der Waals surface area contributed by atoms with Gasteiger partial charge in [0.1, 0.15) is 23.3 Å². The number of anilines is 2. The summed E-state index contributed by atoms with van der Waals surface area (Å²) in [4.78, 5) is 90.1. The highest BCUT2D eigenvalue weighted by molar-refractivity contribution is 7.13. The van der Waals surface area contributed by atoms with E-state index in [1.807, 2.05) is 58.9 Å². The average Bonchev–Trinajstić information content (AvgIpc) is 3.40. The molecule has 7 atom stereocenters. The first-order valence-corrected chi connectivity index (χ1v) is 29.1. The lowest BCUT2D eigenvalue weighted by Gasteiger charge is -2.47. The Balaban J connectivity index is 0.715. The molecular formula is C60H69Cl2FN8O9S. The molecule has 4 aliphatic rings. The number of amides is 6. The van der Waals surface area contributed by atoms with Gasteiger partial charge in [0.25, 0.3) is 5.91 Å². The monoisotopic (exact) mass is 1170 g/mol. The molecule has 2 saturated heterocycles. The van der Waals surface area contributed by atoms with Gasteiger partial charge in [-0.1, -0.05) is 106 Å². The van der Waals surface area contributed by atoms with E-state index in [9.17, 15) is 33.9 Å². The first-order chi connectivity index (χ1) is 38.7. The molecule has 3 fully saturated rings. The molecule has 17 nitrogen and oxygen atoms in total. The van der Waals surface area contributed by atoms with Crippen molar-refractivity contribution in [1.82, 2.24) is 31.2 Å². The first kappa shape index (κ1) is 59.3. The van der Waals surface area contributed by atoms with Crippen molar-refractivity contribution in [3.63, 3.8) is 0 Å². The number of nitrogens with zero attached hydrogens (tertiary/aromatic N) is 2. The summed E-state index contributed by atoms with van der Waals surface area (Å²) in [6, 6.07) is 20.7. The number of likely N-dealkylation sites (tertiary alicyclic amines) is 1. The third-order valence-corrected chi connectivity index (χ3v) is 17.7.